The van der Waals surface area contributed by atoms with Crippen LogP contribution in [0.15, 0.2) is 36.5 Å². The van der Waals surface area contributed by atoms with Crippen LogP contribution in [-0.4, -0.2) is 54.4 Å². The summed E-state index contributed by atoms with van der Waals surface area (Å²) in [4.78, 5) is 11.8. The number of hydrogen-bond donors (Lipinski definition) is 0. The molecule has 3 heterocycles. The standard InChI is InChI=1S/C19H26N6/c1-16-7-9-25(10-8-16)19-21-18(15-20-22-19)24-13-11-23(12-14-24)17-5-3-2-4-6-17/h2-6,15-16H,7-14H2,1H3. The van der Waals surface area contributed by atoms with Crippen molar-refractivity contribution in [1.82, 2.24) is 15.2 Å². The van der Waals surface area contributed by atoms with Crippen molar-refractivity contribution in [1.29, 1.82) is 0 Å². The first-order chi connectivity index (χ1) is 12.3. The second-order valence-electron chi connectivity index (χ2n) is 7.09. The van der Waals surface area contributed by atoms with Crippen molar-refractivity contribution < 1.29 is 0 Å². The van der Waals surface area contributed by atoms with Gasteiger partial charge in [0, 0.05) is 45.0 Å². The third-order valence-corrected chi connectivity index (χ3v) is 5.33. The van der Waals surface area contributed by atoms with Crippen LogP contribution in [-0.2, 0) is 0 Å². The molecule has 0 amide bonds. The third-order valence-electron chi connectivity index (χ3n) is 5.33. The van der Waals surface area contributed by atoms with Gasteiger partial charge in [-0.1, -0.05) is 25.1 Å². The first-order valence-electron chi connectivity index (χ1n) is 9.29. The summed E-state index contributed by atoms with van der Waals surface area (Å²) in [6, 6.07) is 10.6. The van der Waals surface area contributed by atoms with Gasteiger partial charge in [-0.3, -0.25) is 0 Å². The lowest BCUT2D eigenvalue weighted by molar-refractivity contribution is 0.433. The van der Waals surface area contributed by atoms with E-state index >= 15 is 0 Å². The van der Waals surface area contributed by atoms with Crippen molar-refractivity contribution in [2.45, 2.75) is 19.8 Å². The van der Waals surface area contributed by atoms with Crippen molar-refractivity contribution in [2.24, 2.45) is 5.92 Å². The van der Waals surface area contributed by atoms with Crippen LogP contribution in [0, 0.1) is 5.92 Å². The van der Waals surface area contributed by atoms with Crippen molar-refractivity contribution in [2.75, 3.05) is 54.0 Å². The Bertz CT molecular complexity index is 675. The van der Waals surface area contributed by atoms with E-state index in [0.717, 1.165) is 57.0 Å². The monoisotopic (exact) mass is 338 g/mol. The number of nitrogens with zero attached hydrogens (tertiary/aromatic N) is 6. The molecule has 132 valence electrons. The molecular formula is C19H26N6. The van der Waals surface area contributed by atoms with Crippen molar-refractivity contribution >= 4 is 17.5 Å². The first-order valence-corrected chi connectivity index (χ1v) is 9.29. The molecule has 6 heteroatoms. The van der Waals surface area contributed by atoms with Gasteiger partial charge in [-0.15, -0.1) is 5.10 Å². The molecule has 0 aliphatic carbocycles. The minimum absolute atomic E-state index is 0.787. The van der Waals surface area contributed by atoms with Gasteiger partial charge in [0.05, 0.1) is 6.20 Å². The van der Waals surface area contributed by atoms with Gasteiger partial charge < -0.3 is 14.7 Å². The Labute approximate surface area is 149 Å². The summed E-state index contributed by atoms with van der Waals surface area (Å²) in [5.41, 5.74) is 1.30. The Morgan fingerprint density at radius 1 is 0.840 bits per heavy atom. The van der Waals surface area contributed by atoms with E-state index < -0.39 is 0 Å². The predicted octanol–water partition coefficient (Wildman–Crippen LogP) is 2.43. The zero-order valence-electron chi connectivity index (χ0n) is 14.9. The Morgan fingerprint density at radius 3 is 2.24 bits per heavy atom. The molecule has 2 aliphatic heterocycles. The fourth-order valence-corrected chi connectivity index (χ4v) is 3.61. The molecule has 0 spiro atoms. The van der Waals surface area contributed by atoms with Gasteiger partial charge in [0.15, 0.2) is 5.82 Å². The van der Waals surface area contributed by atoms with E-state index in [1.165, 1.54) is 18.5 Å². The fourth-order valence-electron chi connectivity index (χ4n) is 3.61. The van der Waals surface area contributed by atoms with Gasteiger partial charge in [-0.2, -0.15) is 10.1 Å². The zero-order valence-corrected chi connectivity index (χ0v) is 14.9. The molecule has 0 unspecified atom stereocenters. The number of para-hydroxylation sites is 1. The molecule has 2 saturated heterocycles. The lowest BCUT2D eigenvalue weighted by Crippen LogP contribution is -2.47. The number of rotatable bonds is 3. The summed E-state index contributed by atoms with van der Waals surface area (Å²) < 4.78 is 0. The normalized spacial score (nSPS) is 19.3. The maximum absolute atomic E-state index is 4.80. The molecule has 0 atom stereocenters. The zero-order chi connectivity index (χ0) is 17.1. The molecule has 2 aromatic rings. The Balaban J connectivity index is 1.40. The predicted molar refractivity (Wildman–Crippen MR) is 101 cm³/mol. The summed E-state index contributed by atoms with van der Waals surface area (Å²) in [6.07, 6.45) is 4.22. The molecule has 1 aromatic carbocycles. The molecule has 0 saturated carbocycles. The molecule has 1 aromatic heterocycles. The Hall–Kier alpha value is -2.37. The minimum Gasteiger partial charge on any atom is -0.368 e. The summed E-state index contributed by atoms with van der Waals surface area (Å²) in [7, 11) is 0. The minimum atomic E-state index is 0.787. The SMILES string of the molecule is CC1CCN(c2nncc(N3CCN(c4ccccc4)CC3)n2)CC1. The van der Waals surface area contributed by atoms with Crippen LogP contribution in [0.25, 0.3) is 0 Å². The van der Waals surface area contributed by atoms with E-state index in [-0.39, 0.29) is 0 Å². The van der Waals surface area contributed by atoms with Gasteiger partial charge in [0.1, 0.15) is 0 Å². The maximum Gasteiger partial charge on any atom is 0.247 e. The number of piperazine rings is 1. The number of piperidine rings is 1. The average molecular weight is 338 g/mol. The first kappa shape index (κ1) is 16.1. The van der Waals surface area contributed by atoms with Crippen molar-refractivity contribution in [3.8, 4) is 0 Å². The molecule has 4 rings (SSSR count). The van der Waals surface area contributed by atoms with Gasteiger partial charge in [0.2, 0.25) is 5.95 Å². The summed E-state index contributed by atoms with van der Waals surface area (Å²) in [5.74, 6) is 2.55. The van der Waals surface area contributed by atoms with Crippen LogP contribution < -0.4 is 14.7 Å². The van der Waals surface area contributed by atoms with E-state index in [1.54, 1.807) is 6.20 Å². The van der Waals surface area contributed by atoms with E-state index in [0.29, 0.717) is 0 Å². The van der Waals surface area contributed by atoms with Gasteiger partial charge in [-0.05, 0) is 30.9 Å². The maximum atomic E-state index is 4.80. The van der Waals surface area contributed by atoms with E-state index in [9.17, 15) is 0 Å². The highest BCUT2D eigenvalue weighted by molar-refractivity contribution is 5.49. The van der Waals surface area contributed by atoms with Gasteiger partial charge >= 0.3 is 0 Å². The van der Waals surface area contributed by atoms with Gasteiger partial charge in [-0.25, -0.2) is 0 Å². The smallest absolute Gasteiger partial charge is 0.247 e. The van der Waals surface area contributed by atoms with Crippen molar-refractivity contribution in [3.63, 3.8) is 0 Å². The van der Waals surface area contributed by atoms with Crippen LogP contribution in [0.3, 0.4) is 0 Å². The summed E-state index contributed by atoms with van der Waals surface area (Å²) >= 11 is 0. The fraction of sp³-hybridized carbons (Fsp3) is 0.526. The highest BCUT2D eigenvalue weighted by Crippen LogP contribution is 2.22. The van der Waals surface area contributed by atoms with Crippen LogP contribution in [0.4, 0.5) is 17.5 Å². The number of anilines is 3. The molecule has 2 aliphatic rings. The number of benzene rings is 1. The highest BCUT2D eigenvalue weighted by Gasteiger charge is 2.22. The van der Waals surface area contributed by atoms with Crippen LogP contribution in [0.2, 0.25) is 0 Å². The summed E-state index contributed by atoms with van der Waals surface area (Å²) in [5, 5.41) is 8.50. The second-order valence-corrected chi connectivity index (χ2v) is 7.09. The molecule has 25 heavy (non-hydrogen) atoms. The van der Waals surface area contributed by atoms with Gasteiger partial charge in [0.25, 0.3) is 0 Å². The largest absolute Gasteiger partial charge is 0.368 e. The molecule has 0 N–H and O–H groups in total. The molecular weight excluding hydrogens is 312 g/mol. The van der Waals surface area contributed by atoms with Crippen molar-refractivity contribution in [3.05, 3.63) is 36.5 Å². The van der Waals surface area contributed by atoms with E-state index in [2.05, 4.69) is 62.2 Å². The lowest BCUT2D eigenvalue weighted by atomic mass is 10.00. The summed E-state index contributed by atoms with van der Waals surface area (Å²) in [6.45, 7) is 8.32. The molecule has 2 fully saturated rings. The topological polar surface area (TPSA) is 48.4 Å². The second kappa shape index (κ2) is 7.25. The number of aromatic nitrogens is 3. The Kier molecular flexibility index (Phi) is 4.68. The van der Waals surface area contributed by atoms with E-state index in [4.69, 9.17) is 4.98 Å². The average Bonchev–Trinajstić information content (AvgIpc) is 2.69. The number of hydrogen-bond acceptors (Lipinski definition) is 6. The molecule has 0 radical (unpaired) electrons. The van der Waals surface area contributed by atoms with Crippen LogP contribution >= 0.6 is 0 Å². The highest BCUT2D eigenvalue weighted by atomic mass is 15.4. The van der Waals surface area contributed by atoms with E-state index in [1.807, 2.05) is 0 Å². The molecule has 0 bridgehead atoms. The quantitative estimate of drug-likeness (QED) is 0.857. The third kappa shape index (κ3) is 3.67. The Morgan fingerprint density at radius 2 is 1.52 bits per heavy atom. The lowest BCUT2D eigenvalue weighted by Gasteiger charge is -2.37. The molecule has 6 nitrogen and oxygen atoms in total. The van der Waals surface area contributed by atoms with Crippen LogP contribution in [0.5, 0.6) is 0 Å². The van der Waals surface area contributed by atoms with Crippen LogP contribution in [0.1, 0.15) is 19.8 Å².